The summed E-state index contributed by atoms with van der Waals surface area (Å²) in [7, 11) is 2.19. The van der Waals surface area contributed by atoms with E-state index < -0.39 is 0 Å². The maximum absolute atomic E-state index is 6.24. The fourth-order valence-electron chi connectivity index (χ4n) is 3.01. The lowest BCUT2D eigenvalue weighted by molar-refractivity contribution is 0.0521. The van der Waals surface area contributed by atoms with E-state index in [1.807, 2.05) is 0 Å². The van der Waals surface area contributed by atoms with Crippen LogP contribution in [0.4, 0.5) is 0 Å². The van der Waals surface area contributed by atoms with Crippen molar-refractivity contribution >= 4 is 0 Å². The van der Waals surface area contributed by atoms with Crippen LogP contribution in [0.15, 0.2) is 30.3 Å². The van der Waals surface area contributed by atoms with Gasteiger partial charge in [0.15, 0.2) is 0 Å². The van der Waals surface area contributed by atoms with Gasteiger partial charge in [0.1, 0.15) is 0 Å². The minimum atomic E-state index is 0.151. The van der Waals surface area contributed by atoms with Crippen LogP contribution in [0, 0.1) is 0 Å². The molecule has 3 unspecified atom stereocenters. The van der Waals surface area contributed by atoms with Gasteiger partial charge in [-0.05, 0) is 26.5 Å². The van der Waals surface area contributed by atoms with Crippen LogP contribution >= 0.6 is 0 Å². The second-order valence-electron chi connectivity index (χ2n) is 5.56. The Bertz CT molecular complexity index is 363. The van der Waals surface area contributed by atoms with E-state index in [2.05, 4.69) is 61.0 Å². The van der Waals surface area contributed by atoms with Crippen molar-refractivity contribution in [2.45, 2.75) is 32.0 Å². The van der Waals surface area contributed by atoms with E-state index in [1.165, 1.54) is 5.56 Å². The van der Waals surface area contributed by atoms with E-state index >= 15 is 0 Å². The second kappa shape index (κ2) is 5.83. The van der Waals surface area contributed by atoms with E-state index in [0.717, 1.165) is 19.6 Å². The zero-order valence-corrected chi connectivity index (χ0v) is 11.7. The molecule has 3 atom stereocenters. The zero-order chi connectivity index (χ0) is 13.1. The highest BCUT2D eigenvalue weighted by Gasteiger charge is 2.30. The van der Waals surface area contributed by atoms with Gasteiger partial charge in [0.05, 0.1) is 0 Å². The summed E-state index contributed by atoms with van der Waals surface area (Å²) in [6, 6.07) is 11.7. The Kier molecular flexibility index (Phi) is 4.38. The summed E-state index contributed by atoms with van der Waals surface area (Å²) in [4.78, 5) is 4.95. The van der Waals surface area contributed by atoms with Crippen LogP contribution in [-0.2, 0) is 0 Å². The largest absolute Gasteiger partial charge is 0.326 e. The SMILES string of the molecule is CC(N)C(c1ccccc1)N1CCN(C)CC1C. The van der Waals surface area contributed by atoms with Gasteiger partial charge in [-0.2, -0.15) is 0 Å². The summed E-state index contributed by atoms with van der Waals surface area (Å²) in [5.41, 5.74) is 7.58. The molecule has 18 heavy (non-hydrogen) atoms. The molecule has 2 rings (SSSR count). The topological polar surface area (TPSA) is 32.5 Å². The van der Waals surface area contributed by atoms with Crippen molar-refractivity contribution in [2.75, 3.05) is 26.7 Å². The van der Waals surface area contributed by atoms with Gasteiger partial charge in [0.2, 0.25) is 0 Å². The van der Waals surface area contributed by atoms with Crippen LogP contribution in [0.2, 0.25) is 0 Å². The van der Waals surface area contributed by atoms with Crippen LogP contribution in [0.25, 0.3) is 0 Å². The number of benzene rings is 1. The highest BCUT2D eigenvalue weighted by molar-refractivity contribution is 5.21. The summed E-state index contributed by atoms with van der Waals surface area (Å²) in [5.74, 6) is 0. The first-order valence-corrected chi connectivity index (χ1v) is 6.84. The highest BCUT2D eigenvalue weighted by Crippen LogP contribution is 2.27. The normalized spacial score (nSPS) is 25.9. The van der Waals surface area contributed by atoms with Gasteiger partial charge in [-0.15, -0.1) is 0 Å². The van der Waals surface area contributed by atoms with Crippen molar-refractivity contribution in [3.05, 3.63) is 35.9 Å². The van der Waals surface area contributed by atoms with E-state index in [9.17, 15) is 0 Å². The predicted octanol–water partition coefficient (Wildman–Crippen LogP) is 1.71. The van der Waals surface area contributed by atoms with Crippen molar-refractivity contribution in [1.82, 2.24) is 9.80 Å². The van der Waals surface area contributed by atoms with E-state index in [4.69, 9.17) is 5.73 Å². The monoisotopic (exact) mass is 247 g/mol. The fraction of sp³-hybridized carbons (Fsp3) is 0.600. The van der Waals surface area contributed by atoms with Crippen LogP contribution < -0.4 is 5.73 Å². The number of nitrogens with zero attached hydrogens (tertiary/aromatic N) is 2. The third-order valence-corrected chi connectivity index (χ3v) is 3.88. The van der Waals surface area contributed by atoms with E-state index in [0.29, 0.717) is 12.1 Å². The molecule has 0 spiro atoms. The van der Waals surface area contributed by atoms with E-state index in [1.54, 1.807) is 0 Å². The molecule has 2 N–H and O–H groups in total. The summed E-state index contributed by atoms with van der Waals surface area (Å²) in [6.45, 7) is 7.76. The standard InChI is InChI=1S/C15H25N3/c1-12-11-17(3)9-10-18(12)15(13(2)16)14-7-5-4-6-8-14/h4-8,12-13,15H,9-11,16H2,1-3H3. The molecule has 0 radical (unpaired) electrons. The molecule has 0 saturated carbocycles. The molecule has 0 aromatic heterocycles. The Morgan fingerprint density at radius 3 is 2.44 bits per heavy atom. The number of piperazine rings is 1. The lowest BCUT2D eigenvalue weighted by Gasteiger charge is -2.44. The molecule has 1 aliphatic rings. The molecule has 0 aliphatic carbocycles. The van der Waals surface area contributed by atoms with Gasteiger partial charge < -0.3 is 10.6 Å². The Morgan fingerprint density at radius 1 is 1.22 bits per heavy atom. The Morgan fingerprint density at radius 2 is 1.89 bits per heavy atom. The first kappa shape index (κ1) is 13.5. The molecular formula is C15H25N3. The molecule has 1 heterocycles. The number of hydrogen-bond acceptors (Lipinski definition) is 3. The van der Waals surface area contributed by atoms with Crippen molar-refractivity contribution in [3.8, 4) is 0 Å². The van der Waals surface area contributed by atoms with Gasteiger partial charge in [0, 0.05) is 37.8 Å². The molecule has 1 aliphatic heterocycles. The van der Waals surface area contributed by atoms with Crippen molar-refractivity contribution in [1.29, 1.82) is 0 Å². The van der Waals surface area contributed by atoms with Crippen LogP contribution in [0.3, 0.4) is 0 Å². The number of rotatable bonds is 3. The molecule has 0 amide bonds. The summed E-state index contributed by atoms with van der Waals surface area (Å²) < 4.78 is 0. The maximum atomic E-state index is 6.24. The first-order valence-electron chi connectivity index (χ1n) is 6.84. The molecule has 0 bridgehead atoms. The molecule has 1 fully saturated rings. The average molecular weight is 247 g/mol. The third-order valence-electron chi connectivity index (χ3n) is 3.88. The summed E-state index contributed by atoms with van der Waals surface area (Å²) in [5, 5.41) is 0. The van der Waals surface area contributed by atoms with Crippen LogP contribution in [0.5, 0.6) is 0 Å². The quantitative estimate of drug-likeness (QED) is 0.882. The Hall–Kier alpha value is -0.900. The van der Waals surface area contributed by atoms with Crippen LogP contribution in [-0.4, -0.2) is 48.6 Å². The number of hydrogen-bond donors (Lipinski definition) is 1. The molecule has 3 nitrogen and oxygen atoms in total. The van der Waals surface area contributed by atoms with Gasteiger partial charge in [0.25, 0.3) is 0 Å². The minimum absolute atomic E-state index is 0.151. The van der Waals surface area contributed by atoms with Gasteiger partial charge in [-0.1, -0.05) is 30.3 Å². The Balaban J connectivity index is 2.21. The van der Waals surface area contributed by atoms with Gasteiger partial charge in [-0.3, -0.25) is 4.90 Å². The van der Waals surface area contributed by atoms with Crippen molar-refractivity contribution in [2.24, 2.45) is 5.73 Å². The number of nitrogens with two attached hydrogens (primary N) is 1. The molecule has 3 heteroatoms. The Labute approximate surface area is 111 Å². The first-order chi connectivity index (χ1) is 8.59. The molecule has 1 saturated heterocycles. The molecule has 100 valence electrons. The average Bonchev–Trinajstić information content (AvgIpc) is 2.33. The second-order valence-corrected chi connectivity index (χ2v) is 5.56. The smallest absolute Gasteiger partial charge is 0.0500 e. The van der Waals surface area contributed by atoms with Gasteiger partial charge >= 0.3 is 0 Å². The molecule has 1 aromatic carbocycles. The van der Waals surface area contributed by atoms with E-state index in [-0.39, 0.29) is 6.04 Å². The number of likely N-dealkylation sites (N-methyl/N-ethyl adjacent to an activating group) is 1. The summed E-state index contributed by atoms with van der Waals surface area (Å²) >= 11 is 0. The highest BCUT2D eigenvalue weighted by atomic mass is 15.3. The van der Waals surface area contributed by atoms with Crippen molar-refractivity contribution < 1.29 is 0 Å². The fourth-order valence-corrected chi connectivity index (χ4v) is 3.01. The van der Waals surface area contributed by atoms with Gasteiger partial charge in [-0.25, -0.2) is 0 Å². The van der Waals surface area contributed by atoms with Crippen molar-refractivity contribution in [3.63, 3.8) is 0 Å². The lowest BCUT2D eigenvalue weighted by atomic mass is 9.96. The third kappa shape index (κ3) is 2.91. The zero-order valence-electron chi connectivity index (χ0n) is 11.7. The lowest BCUT2D eigenvalue weighted by Crippen LogP contribution is -2.54. The summed E-state index contributed by atoms with van der Waals surface area (Å²) in [6.07, 6.45) is 0. The maximum Gasteiger partial charge on any atom is 0.0500 e. The molecule has 1 aromatic rings. The van der Waals surface area contributed by atoms with Crippen LogP contribution in [0.1, 0.15) is 25.5 Å². The predicted molar refractivity (Wildman–Crippen MR) is 76.5 cm³/mol. The minimum Gasteiger partial charge on any atom is -0.326 e. The molecular weight excluding hydrogens is 222 g/mol.